The fraction of sp³-hybridized carbons (Fsp3) is 1.00. The van der Waals surface area contributed by atoms with E-state index in [0.29, 0.717) is 0 Å². The molecule has 9 heteroatoms. The number of hydrogen-bond donors (Lipinski definition) is 1. The van der Waals surface area contributed by atoms with Gasteiger partial charge in [0.2, 0.25) is 0 Å². The largest absolute Gasteiger partial charge is 0.312 e. The Hall–Kier alpha value is -1.25. The first kappa shape index (κ1) is 10.8. The molecule has 0 radical (unpaired) electrons. The average Bonchev–Trinajstić information content (AvgIpc) is 1.97. The van der Waals surface area contributed by atoms with Crippen LogP contribution in [0.4, 0.5) is 0 Å². The molecule has 0 bridgehead atoms. The lowest BCUT2D eigenvalue weighted by atomic mass is 10.4. The molecule has 0 aromatic rings. The summed E-state index contributed by atoms with van der Waals surface area (Å²) < 4.78 is 0. The molecular formula is C3H6N2O6S. The van der Waals surface area contributed by atoms with E-state index in [1.807, 2.05) is 0 Å². The van der Waals surface area contributed by atoms with Crippen molar-refractivity contribution in [2.75, 3.05) is 12.4 Å². The molecule has 0 aromatic heterocycles. The molecule has 0 amide bonds. The highest BCUT2D eigenvalue weighted by Gasteiger charge is 2.13. The molecule has 0 spiro atoms. The minimum absolute atomic E-state index is 0.0329. The van der Waals surface area contributed by atoms with Crippen molar-refractivity contribution in [1.29, 1.82) is 0 Å². The lowest BCUT2D eigenvalue weighted by Gasteiger charge is -2.09. The predicted octanol–water partition coefficient (Wildman–Crippen LogP) is -0.299. The van der Waals surface area contributed by atoms with E-state index >= 15 is 0 Å². The van der Waals surface area contributed by atoms with E-state index in [-0.39, 0.29) is 5.75 Å². The van der Waals surface area contributed by atoms with Gasteiger partial charge in [-0.2, -0.15) is 12.6 Å². The van der Waals surface area contributed by atoms with Crippen LogP contribution in [0, 0.1) is 20.2 Å². The van der Waals surface area contributed by atoms with Crippen LogP contribution in [0.15, 0.2) is 0 Å². The molecule has 0 fully saturated rings. The van der Waals surface area contributed by atoms with E-state index in [4.69, 9.17) is 0 Å². The standard InChI is InChI=1S/C3H6N2O6S/c6-4(7)10-1-3(2-12)11-5(8)9/h3,12H,1-2H2. The summed E-state index contributed by atoms with van der Waals surface area (Å²) in [5.41, 5.74) is 0. The molecule has 0 aliphatic carbocycles. The second-order valence-electron chi connectivity index (χ2n) is 1.65. The molecule has 0 saturated heterocycles. The van der Waals surface area contributed by atoms with E-state index in [2.05, 4.69) is 22.3 Å². The molecule has 12 heavy (non-hydrogen) atoms. The lowest BCUT2D eigenvalue weighted by molar-refractivity contribution is -0.788. The van der Waals surface area contributed by atoms with Gasteiger partial charge in [0.1, 0.15) is 12.7 Å². The maximum absolute atomic E-state index is 9.74. The van der Waals surface area contributed by atoms with Gasteiger partial charge < -0.3 is 9.68 Å². The minimum Gasteiger partial charge on any atom is -0.312 e. The van der Waals surface area contributed by atoms with Gasteiger partial charge in [-0.25, -0.2) is 0 Å². The van der Waals surface area contributed by atoms with Crippen molar-refractivity contribution in [2.24, 2.45) is 0 Å². The zero-order valence-corrected chi connectivity index (χ0v) is 6.68. The van der Waals surface area contributed by atoms with Gasteiger partial charge in [0.25, 0.3) is 10.2 Å². The first-order valence-electron chi connectivity index (χ1n) is 2.75. The maximum atomic E-state index is 9.74. The summed E-state index contributed by atoms with van der Waals surface area (Å²) in [4.78, 5) is 27.2. The van der Waals surface area contributed by atoms with Crippen LogP contribution in [0.5, 0.6) is 0 Å². The number of nitrogens with zero attached hydrogens (tertiary/aromatic N) is 2. The highest BCUT2D eigenvalue weighted by molar-refractivity contribution is 7.80. The summed E-state index contributed by atoms with van der Waals surface area (Å²) in [6.07, 6.45) is -1.02. The van der Waals surface area contributed by atoms with E-state index in [1.165, 1.54) is 0 Å². The Kier molecular flexibility index (Phi) is 4.84. The second kappa shape index (κ2) is 5.41. The van der Waals surface area contributed by atoms with Crippen LogP contribution in [0.3, 0.4) is 0 Å². The first-order chi connectivity index (χ1) is 5.56. The third-order valence-electron chi connectivity index (χ3n) is 0.805. The van der Waals surface area contributed by atoms with Crippen molar-refractivity contribution >= 4 is 12.6 Å². The fourth-order valence-corrected chi connectivity index (χ4v) is 0.554. The smallest absolute Gasteiger partial charge is 0.294 e. The molecular weight excluding hydrogens is 192 g/mol. The second-order valence-corrected chi connectivity index (χ2v) is 2.02. The van der Waals surface area contributed by atoms with Gasteiger partial charge in [-0.3, -0.25) is 0 Å². The third kappa shape index (κ3) is 5.53. The predicted molar refractivity (Wildman–Crippen MR) is 38.7 cm³/mol. The lowest BCUT2D eigenvalue weighted by Crippen LogP contribution is -2.25. The highest BCUT2D eigenvalue weighted by Crippen LogP contribution is 1.96. The van der Waals surface area contributed by atoms with Gasteiger partial charge in [0, 0.05) is 5.75 Å². The zero-order valence-electron chi connectivity index (χ0n) is 5.78. The quantitative estimate of drug-likeness (QED) is 0.357. The van der Waals surface area contributed by atoms with Crippen LogP contribution in [0.2, 0.25) is 0 Å². The first-order valence-corrected chi connectivity index (χ1v) is 3.39. The topological polar surface area (TPSA) is 105 Å². The van der Waals surface area contributed by atoms with Crippen molar-refractivity contribution in [3.8, 4) is 0 Å². The van der Waals surface area contributed by atoms with E-state index in [0.717, 1.165) is 0 Å². The van der Waals surface area contributed by atoms with E-state index in [1.54, 1.807) is 0 Å². The van der Waals surface area contributed by atoms with Crippen LogP contribution in [-0.2, 0) is 9.68 Å². The van der Waals surface area contributed by atoms with E-state index in [9.17, 15) is 20.2 Å². The molecule has 0 aromatic carbocycles. The maximum Gasteiger partial charge on any atom is 0.294 e. The van der Waals surface area contributed by atoms with Crippen LogP contribution in [0.1, 0.15) is 0 Å². The highest BCUT2D eigenvalue weighted by atomic mass is 32.1. The normalized spacial score (nSPS) is 11.8. The molecule has 0 aliphatic rings. The molecule has 8 nitrogen and oxygen atoms in total. The number of rotatable bonds is 6. The molecule has 0 saturated carbocycles. The van der Waals surface area contributed by atoms with Crippen LogP contribution < -0.4 is 0 Å². The Morgan fingerprint density at radius 3 is 2.25 bits per heavy atom. The molecule has 70 valence electrons. The van der Waals surface area contributed by atoms with E-state index < -0.39 is 22.9 Å². The van der Waals surface area contributed by atoms with Gasteiger partial charge in [-0.15, -0.1) is 20.2 Å². The molecule has 0 aliphatic heterocycles. The summed E-state index contributed by atoms with van der Waals surface area (Å²) in [6.45, 7) is -0.502. The van der Waals surface area contributed by atoms with Crippen LogP contribution in [0.25, 0.3) is 0 Å². The number of hydrogen-bond acceptors (Lipinski definition) is 7. The average molecular weight is 198 g/mol. The van der Waals surface area contributed by atoms with Gasteiger partial charge in [-0.1, -0.05) is 0 Å². The monoisotopic (exact) mass is 198 g/mol. The fourth-order valence-electron chi connectivity index (χ4n) is 0.382. The Morgan fingerprint density at radius 1 is 1.33 bits per heavy atom. The Labute approximate surface area is 72.1 Å². The Morgan fingerprint density at radius 2 is 1.92 bits per heavy atom. The van der Waals surface area contributed by atoms with Crippen molar-refractivity contribution in [3.05, 3.63) is 20.2 Å². The molecule has 0 rings (SSSR count). The third-order valence-corrected chi connectivity index (χ3v) is 1.21. The Balaban J connectivity index is 3.67. The van der Waals surface area contributed by atoms with Crippen molar-refractivity contribution in [3.63, 3.8) is 0 Å². The Bertz CT molecular complexity index is 174. The van der Waals surface area contributed by atoms with Crippen molar-refractivity contribution < 1.29 is 19.8 Å². The summed E-state index contributed by atoms with van der Waals surface area (Å²) >= 11 is 3.66. The van der Waals surface area contributed by atoms with Gasteiger partial charge in [0.15, 0.2) is 0 Å². The molecule has 1 unspecified atom stereocenters. The summed E-state index contributed by atoms with van der Waals surface area (Å²) in [5.74, 6) is -0.0329. The van der Waals surface area contributed by atoms with Gasteiger partial charge >= 0.3 is 0 Å². The van der Waals surface area contributed by atoms with Crippen molar-refractivity contribution in [2.45, 2.75) is 6.10 Å². The van der Waals surface area contributed by atoms with Crippen molar-refractivity contribution in [1.82, 2.24) is 0 Å². The minimum atomic E-state index is -1.06. The molecule has 1 atom stereocenters. The number of thiol groups is 1. The molecule has 0 N–H and O–H groups in total. The van der Waals surface area contributed by atoms with Crippen LogP contribution >= 0.6 is 12.6 Å². The summed E-state index contributed by atoms with van der Waals surface area (Å²) in [5, 5.41) is 17.3. The SMILES string of the molecule is O=[N+]([O-])OCC(CS)O[N+](=O)[O-]. The summed E-state index contributed by atoms with van der Waals surface area (Å²) in [6, 6.07) is 0. The summed E-state index contributed by atoms with van der Waals surface area (Å²) in [7, 11) is 0. The molecule has 0 heterocycles. The van der Waals surface area contributed by atoms with Gasteiger partial charge in [-0.05, 0) is 0 Å². The van der Waals surface area contributed by atoms with Crippen LogP contribution in [-0.4, -0.2) is 28.6 Å². The zero-order chi connectivity index (χ0) is 9.56. The van der Waals surface area contributed by atoms with Gasteiger partial charge in [0.05, 0.1) is 0 Å².